The standard InChI is InChI=1S/C15H20O/c16-15(14-10-6-3-7-11-14)12-13-8-4-1-2-5-9-13/h3,6-7,10-11,13H,1-2,4-5,8-9,12H2. The zero-order chi connectivity index (χ0) is 11.2. The van der Waals surface area contributed by atoms with Crippen molar-refractivity contribution in [2.24, 2.45) is 5.92 Å². The summed E-state index contributed by atoms with van der Waals surface area (Å²) in [7, 11) is 0. The third kappa shape index (κ3) is 3.19. The van der Waals surface area contributed by atoms with Gasteiger partial charge in [0.15, 0.2) is 5.78 Å². The van der Waals surface area contributed by atoms with E-state index in [9.17, 15) is 4.79 Å². The number of hydrogen-bond donors (Lipinski definition) is 0. The molecule has 0 saturated heterocycles. The van der Waals surface area contributed by atoms with Crippen LogP contribution >= 0.6 is 0 Å². The van der Waals surface area contributed by atoms with Gasteiger partial charge in [-0.05, 0) is 5.92 Å². The second kappa shape index (κ2) is 5.83. The maximum absolute atomic E-state index is 12.0. The predicted octanol–water partition coefficient (Wildman–Crippen LogP) is 4.23. The summed E-state index contributed by atoms with van der Waals surface area (Å²) in [5, 5.41) is 0. The van der Waals surface area contributed by atoms with E-state index in [1.54, 1.807) is 0 Å². The molecule has 1 nitrogen and oxygen atoms in total. The summed E-state index contributed by atoms with van der Waals surface area (Å²) in [5.74, 6) is 0.961. The largest absolute Gasteiger partial charge is 0.294 e. The summed E-state index contributed by atoms with van der Waals surface area (Å²) in [5.41, 5.74) is 0.881. The molecular weight excluding hydrogens is 196 g/mol. The van der Waals surface area contributed by atoms with Crippen LogP contribution in [0.1, 0.15) is 55.3 Å². The van der Waals surface area contributed by atoms with Crippen LogP contribution < -0.4 is 0 Å². The Balaban J connectivity index is 1.91. The molecule has 0 radical (unpaired) electrons. The summed E-state index contributed by atoms with van der Waals surface area (Å²) in [4.78, 5) is 12.0. The minimum atomic E-state index is 0.326. The van der Waals surface area contributed by atoms with Gasteiger partial charge in [-0.3, -0.25) is 4.79 Å². The number of Topliss-reactive ketones (excluding diaryl/α,β-unsaturated/α-hetero) is 1. The lowest BCUT2D eigenvalue weighted by Gasteiger charge is -2.12. The van der Waals surface area contributed by atoms with Gasteiger partial charge in [-0.15, -0.1) is 0 Å². The summed E-state index contributed by atoms with van der Waals surface area (Å²) in [6.07, 6.45) is 8.59. The molecule has 0 bridgehead atoms. The van der Waals surface area contributed by atoms with E-state index in [4.69, 9.17) is 0 Å². The Kier molecular flexibility index (Phi) is 4.15. The molecule has 2 rings (SSSR count). The molecule has 0 aromatic heterocycles. The fraction of sp³-hybridized carbons (Fsp3) is 0.533. The maximum Gasteiger partial charge on any atom is 0.163 e. The molecule has 0 N–H and O–H groups in total. The van der Waals surface area contributed by atoms with Crippen molar-refractivity contribution in [3.8, 4) is 0 Å². The van der Waals surface area contributed by atoms with Crippen molar-refractivity contribution < 1.29 is 4.79 Å². The van der Waals surface area contributed by atoms with Gasteiger partial charge >= 0.3 is 0 Å². The highest BCUT2D eigenvalue weighted by molar-refractivity contribution is 5.96. The molecule has 0 amide bonds. The first-order valence-electron chi connectivity index (χ1n) is 6.44. The maximum atomic E-state index is 12.0. The van der Waals surface area contributed by atoms with Crippen molar-refractivity contribution in [3.05, 3.63) is 35.9 Å². The van der Waals surface area contributed by atoms with Gasteiger partial charge in [-0.25, -0.2) is 0 Å². The molecule has 1 saturated carbocycles. The zero-order valence-corrected chi connectivity index (χ0v) is 9.82. The van der Waals surface area contributed by atoms with Gasteiger partial charge in [-0.1, -0.05) is 68.9 Å². The number of ketones is 1. The van der Waals surface area contributed by atoms with Gasteiger partial charge in [-0.2, -0.15) is 0 Å². The molecule has 1 fully saturated rings. The first kappa shape index (κ1) is 11.4. The molecule has 0 unspecified atom stereocenters. The molecule has 0 aliphatic heterocycles. The van der Waals surface area contributed by atoms with Crippen molar-refractivity contribution in [1.29, 1.82) is 0 Å². The lowest BCUT2D eigenvalue weighted by molar-refractivity contribution is 0.0957. The van der Waals surface area contributed by atoms with E-state index in [0.29, 0.717) is 11.7 Å². The van der Waals surface area contributed by atoms with Gasteiger partial charge in [0.2, 0.25) is 0 Å². The Morgan fingerprint density at radius 1 is 1.00 bits per heavy atom. The number of benzene rings is 1. The van der Waals surface area contributed by atoms with E-state index in [1.165, 1.54) is 38.5 Å². The number of carbonyl (C=O) groups excluding carboxylic acids is 1. The topological polar surface area (TPSA) is 17.1 Å². The number of rotatable bonds is 3. The quantitative estimate of drug-likeness (QED) is 0.546. The van der Waals surface area contributed by atoms with Gasteiger partial charge in [0.1, 0.15) is 0 Å². The fourth-order valence-electron chi connectivity index (χ4n) is 2.57. The minimum absolute atomic E-state index is 0.326. The van der Waals surface area contributed by atoms with E-state index < -0.39 is 0 Å². The normalized spacial score (nSPS) is 18.0. The highest BCUT2D eigenvalue weighted by atomic mass is 16.1. The number of hydrogen-bond acceptors (Lipinski definition) is 1. The molecule has 1 aromatic rings. The van der Waals surface area contributed by atoms with Crippen LogP contribution in [0.15, 0.2) is 30.3 Å². The van der Waals surface area contributed by atoms with Crippen molar-refractivity contribution in [1.82, 2.24) is 0 Å². The SMILES string of the molecule is O=C(CC1CCCCCC1)c1ccccc1. The van der Waals surface area contributed by atoms with Crippen LogP contribution in [-0.2, 0) is 0 Å². The lowest BCUT2D eigenvalue weighted by atomic mass is 9.92. The molecule has 0 spiro atoms. The zero-order valence-electron chi connectivity index (χ0n) is 9.82. The number of carbonyl (C=O) groups is 1. The lowest BCUT2D eigenvalue weighted by Crippen LogP contribution is -2.08. The predicted molar refractivity (Wildman–Crippen MR) is 66.6 cm³/mol. The van der Waals surface area contributed by atoms with E-state index >= 15 is 0 Å². The molecule has 16 heavy (non-hydrogen) atoms. The van der Waals surface area contributed by atoms with Crippen LogP contribution in [0.4, 0.5) is 0 Å². The molecular formula is C15H20O. The van der Waals surface area contributed by atoms with Crippen LogP contribution in [0.2, 0.25) is 0 Å². The Labute approximate surface area is 97.9 Å². The van der Waals surface area contributed by atoms with Gasteiger partial charge < -0.3 is 0 Å². The molecule has 0 atom stereocenters. The van der Waals surface area contributed by atoms with Gasteiger partial charge in [0, 0.05) is 12.0 Å². The molecule has 1 aliphatic rings. The highest BCUT2D eigenvalue weighted by Gasteiger charge is 2.16. The van der Waals surface area contributed by atoms with Crippen molar-refractivity contribution >= 4 is 5.78 Å². The third-order valence-corrected chi connectivity index (χ3v) is 3.54. The Morgan fingerprint density at radius 3 is 2.25 bits per heavy atom. The highest BCUT2D eigenvalue weighted by Crippen LogP contribution is 2.26. The van der Waals surface area contributed by atoms with E-state index in [-0.39, 0.29) is 0 Å². The minimum Gasteiger partial charge on any atom is -0.294 e. The Hall–Kier alpha value is -1.11. The second-order valence-electron chi connectivity index (χ2n) is 4.85. The molecule has 86 valence electrons. The Morgan fingerprint density at radius 2 is 1.62 bits per heavy atom. The van der Waals surface area contributed by atoms with Crippen LogP contribution in [0.5, 0.6) is 0 Å². The van der Waals surface area contributed by atoms with Crippen molar-refractivity contribution in [2.75, 3.05) is 0 Å². The van der Waals surface area contributed by atoms with Crippen molar-refractivity contribution in [2.45, 2.75) is 44.9 Å². The van der Waals surface area contributed by atoms with Gasteiger partial charge in [0.05, 0.1) is 0 Å². The summed E-state index contributed by atoms with van der Waals surface area (Å²) < 4.78 is 0. The third-order valence-electron chi connectivity index (χ3n) is 3.54. The van der Waals surface area contributed by atoms with E-state index in [1.807, 2.05) is 30.3 Å². The van der Waals surface area contributed by atoms with Crippen LogP contribution in [0, 0.1) is 5.92 Å². The summed E-state index contributed by atoms with van der Waals surface area (Å²) in [6.45, 7) is 0. The van der Waals surface area contributed by atoms with Crippen molar-refractivity contribution in [3.63, 3.8) is 0 Å². The van der Waals surface area contributed by atoms with Crippen LogP contribution in [0.3, 0.4) is 0 Å². The fourth-order valence-corrected chi connectivity index (χ4v) is 2.57. The molecule has 1 aliphatic carbocycles. The average Bonchev–Trinajstić information content (AvgIpc) is 2.59. The molecule has 1 heteroatoms. The second-order valence-corrected chi connectivity index (χ2v) is 4.85. The summed E-state index contributed by atoms with van der Waals surface area (Å²) >= 11 is 0. The summed E-state index contributed by atoms with van der Waals surface area (Å²) in [6, 6.07) is 9.71. The molecule has 1 aromatic carbocycles. The monoisotopic (exact) mass is 216 g/mol. The van der Waals surface area contributed by atoms with Crippen LogP contribution in [0.25, 0.3) is 0 Å². The average molecular weight is 216 g/mol. The first-order valence-corrected chi connectivity index (χ1v) is 6.44. The first-order chi connectivity index (χ1) is 7.86. The van der Waals surface area contributed by atoms with Crippen LogP contribution in [-0.4, -0.2) is 5.78 Å². The van der Waals surface area contributed by atoms with Gasteiger partial charge in [0.25, 0.3) is 0 Å². The smallest absolute Gasteiger partial charge is 0.163 e. The molecule has 0 heterocycles. The Bertz CT molecular complexity index is 321. The van der Waals surface area contributed by atoms with E-state index in [0.717, 1.165) is 12.0 Å². The van der Waals surface area contributed by atoms with E-state index in [2.05, 4.69) is 0 Å².